The molecule has 0 aromatic heterocycles. The molecule has 2 bridgehead atoms. The van der Waals surface area contributed by atoms with Gasteiger partial charge in [-0.05, 0) is 30.4 Å². The minimum absolute atomic E-state index is 0.159. The number of likely N-dealkylation sites (tertiary alicyclic amines) is 1. The number of halogens is 3. The number of amides is 3. The van der Waals surface area contributed by atoms with Gasteiger partial charge in [-0.2, -0.15) is 0 Å². The topological polar surface area (TPSA) is 92.8 Å². The summed E-state index contributed by atoms with van der Waals surface area (Å²) in [6, 6.07) is 6.61. The zero-order chi connectivity index (χ0) is 20.9. The van der Waals surface area contributed by atoms with E-state index < -0.39 is 48.7 Å². The SMILES string of the molecule is O=C(COC(=O)CN1C(=O)[C@@H]2[C@H]3C[C@@H]([C@H](Cl)[C@H]3Cl)[C@@H]2C1=O)Nc1ccccc1Cl. The summed E-state index contributed by atoms with van der Waals surface area (Å²) in [6.07, 6.45) is 0.648. The number of hydrogen-bond donors (Lipinski definition) is 1. The van der Waals surface area contributed by atoms with Crippen LogP contribution in [0.5, 0.6) is 0 Å². The molecular formula is C19H17Cl3N2O5. The van der Waals surface area contributed by atoms with Crippen molar-refractivity contribution in [2.75, 3.05) is 18.5 Å². The number of rotatable bonds is 5. The maximum atomic E-state index is 12.7. The van der Waals surface area contributed by atoms with Gasteiger partial charge >= 0.3 is 5.97 Å². The van der Waals surface area contributed by atoms with Crippen LogP contribution in [0.1, 0.15) is 6.42 Å². The highest BCUT2D eigenvalue weighted by Crippen LogP contribution is 2.59. The molecule has 1 aromatic carbocycles. The Labute approximate surface area is 181 Å². The number of nitrogens with zero attached hydrogens (tertiary/aromatic N) is 1. The van der Waals surface area contributed by atoms with Crippen molar-refractivity contribution in [1.29, 1.82) is 0 Å². The highest BCUT2D eigenvalue weighted by molar-refractivity contribution is 6.33. The third-order valence-electron chi connectivity index (χ3n) is 5.88. The maximum absolute atomic E-state index is 12.7. The van der Waals surface area contributed by atoms with Crippen LogP contribution >= 0.6 is 34.8 Å². The second kappa shape index (κ2) is 7.78. The molecule has 0 spiro atoms. The van der Waals surface area contributed by atoms with Gasteiger partial charge in [0.15, 0.2) is 6.61 Å². The van der Waals surface area contributed by atoms with E-state index in [1.807, 2.05) is 0 Å². The Bertz CT molecular complexity index is 862. The third-order valence-corrected chi connectivity index (χ3v) is 7.53. The Morgan fingerprint density at radius 2 is 1.66 bits per heavy atom. The summed E-state index contributed by atoms with van der Waals surface area (Å²) in [4.78, 5) is 50.3. The van der Waals surface area contributed by atoms with Crippen molar-refractivity contribution < 1.29 is 23.9 Å². The van der Waals surface area contributed by atoms with E-state index in [2.05, 4.69) is 5.32 Å². The molecule has 3 fully saturated rings. The smallest absolute Gasteiger partial charge is 0.326 e. The minimum atomic E-state index is -0.849. The lowest BCUT2D eigenvalue weighted by atomic mass is 9.80. The van der Waals surface area contributed by atoms with Crippen LogP contribution in [-0.2, 0) is 23.9 Å². The molecule has 4 rings (SSSR count). The summed E-state index contributed by atoms with van der Waals surface area (Å²) in [6.45, 7) is -1.10. The molecule has 7 nitrogen and oxygen atoms in total. The fourth-order valence-electron chi connectivity index (χ4n) is 4.64. The lowest BCUT2D eigenvalue weighted by Crippen LogP contribution is -2.38. The summed E-state index contributed by atoms with van der Waals surface area (Å²) in [5.41, 5.74) is 0.384. The van der Waals surface area contributed by atoms with Gasteiger partial charge < -0.3 is 10.1 Å². The molecule has 3 amide bonds. The average Bonchev–Trinajstić information content (AvgIpc) is 3.29. The van der Waals surface area contributed by atoms with E-state index in [1.54, 1.807) is 24.3 Å². The third kappa shape index (κ3) is 3.49. The van der Waals surface area contributed by atoms with Crippen LogP contribution in [0, 0.1) is 23.7 Å². The Morgan fingerprint density at radius 1 is 1.07 bits per heavy atom. The van der Waals surface area contributed by atoms with E-state index in [0.717, 1.165) is 4.90 Å². The fraction of sp³-hybridized carbons (Fsp3) is 0.474. The van der Waals surface area contributed by atoms with Crippen molar-refractivity contribution in [3.8, 4) is 0 Å². The number of para-hydroxylation sites is 1. The zero-order valence-electron chi connectivity index (χ0n) is 15.0. The second-order valence-electron chi connectivity index (χ2n) is 7.46. The van der Waals surface area contributed by atoms with Crippen LogP contribution in [0.3, 0.4) is 0 Å². The van der Waals surface area contributed by atoms with Gasteiger partial charge in [0.1, 0.15) is 6.54 Å². The van der Waals surface area contributed by atoms with Crippen LogP contribution < -0.4 is 5.32 Å². The van der Waals surface area contributed by atoms with Gasteiger partial charge in [0.25, 0.3) is 5.91 Å². The maximum Gasteiger partial charge on any atom is 0.326 e. The number of fused-ring (bicyclic) bond motifs is 5. The quantitative estimate of drug-likeness (QED) is 0.414. The first-order valence-electron chi connectivity index (χ1n) is 9.13. The van der Waals surface area contributed by atoms with E-state index in [1.165, 1.54) is 0 Å². The first kappa shape index (κ1) is 20.4. The summed E-state index contributed by atoms with van der Waals surface area (Å²) in [7, 11) is 0. The molecule has 3 aliphatic rings. The Kier molecular flexibility index (Phi) is 5.48. The van der Waals surface area contributed by atoms with Gasteiger partial charge in [-0.25, -0.2) is 0 Å². The Balaban J connectivity index is 1.32. The van der Waals surface area contributed by atoms with Crippen molar-refractivity contribution in [2.24, 2.45) is 23.7 Å². The van der Waals surface area contributed by atoms with E-state index >= 15 is 0 Å². The fourth-order valence-corrected chi connectivity index (χ4v) is 5.71. The number of carbonyl (C=O) groups is 4. The number of hydrogen-bond acceptors (Lipinski definition) is 5. The van der Waals surface area contributed by atoms with Gasteiger partial charge in [0.05, 0.1) is 33.3 Å². The van der Waals surface area contributed by atoms with Crippen LogP contribution in [-0.4, -0.2) is 52.5 Å². The van der Waals surface area contributed by atoms with Crippen LogP contribution in [0.4, 0.5) is 5.69 Å². The van der Waals surface area contributed by atoms with Crippen LogP contribution in [0.2, 0.25) is 5.02 Å². The molecule has 1 aliphatic heterocycles. The summed E-state index contributed by atoms with van der Waals surface area (Å²) < 4.78 is 4.92. The molecule has 1 N–H and O–H groups in total. The van der Waals surface area contributed by atoms with E-state index in [0.29, 0.717) is 17.1 Å². The summed E-state index contributed by atoms with van der Waals surface area (Å²) in [5.74, 6) is -3.64. The molecule has 1 aromatic rings. The predicted molar refractivity (Wildman–Crippen MR) is 106 cm³/mol. The van der Waals surface area contributed by atoms with E-state index in [-0.39, 0.29) is 22.6 Å². The molecule has 2 aliphatic carbocycles. The van der Waals surface area contributed by atoms with Gasteiger partial charge in [0, 0.05) is 0 Å². The minimum Gasteiger partial charge on any atom is -0.454 e. The molecule has 1 heterocycles. The standard InChI is InChI=1S/C19H17Cl3N2O5/c20-10-3-1-2-4-11(10)23-12(25)7-29-13(26)6-24-18(27)14-8-5-9(15(14)19(24)28)17(22)16(8)21/h1-4,8-9,14-17H,5-7H2,(H,23,25)/t8-,9-,14-,15+,16+,17+/m1/s1. The molecule has 0 radical (unpaired) electrons. The summed E-state index contributed by atoms with van der Waals surface area (Å²) >= 11 is 18.5. The second-order valence-corrected chi connectivity index (χ2v) is 8.87. The number of carbonyl (C=O) groups excluding carboxylic acids is 4. The molecule has 1 saturated heterocycles. The lowest BCUT2D eigenvalue weighted by Gasteiger charge is -2.28. The molecule has 0 unspecified atom stereocenters. The average molecular weight is 460 g/mol. The zero-order valence-corrected chi connectivity index (χ0v) is 17.3. The molecule has 154 valence electrons. The first-order valence-corrected chi connectivity index (χ1v) is 10.4. The monoisotopic (exact) mass is 458 g/mol. The first-order chi connectivity index (χ1) is 13.8. The number of imide groups is 1. The highest BCUT2D eigenvalue weighted by atomic mass is 35.5. The van der Waals surface area contributed by atoms with Gasteiger partial charge in [-0.15, -0.1) is 23.2 Å². The van der Waals surface area contributed by atoms with Crippen LogP contribution in [0.15, 0.2) is 24.3 Å². The predicted octanol–water partition coefficient (Wildman–Crippen LogP) is 2.29. The van der Waals surface area contributed by atoms with Gasteiger partial charge in [-0.1, -0.05) is 23.7 Å². The number of anilines is 1. The number of nitrogens with one attached hydrogen (secondary N) is 1. The van der Waals surface area contributed by atoms with Gasteiger partial charge in [-0.3, -0.25) is 24.1 Å². The Morgan fingerprint density at radius 3 is 2.24 bits per heavy atom. The number of ether oxygens (including phenoxy) is 1. The lowest BCUT2D eigenvalue weighted by molar-refractivity contribution is -0.154. The highest BCUT2D eigenvalue weighted by Gasteiger charge is 2.66. The van der Waals surface area contributed by atoms with Crippen molar-refractivity contribution in [1.82, 2.24) is 4.90 Å². The van der Waals surface area contributed by atoms with Crippen LogP contribution in [0.25, 0.3) is 0 Å². The molecular weight excluding hydrogens is 443 g/mol. The Hall–Kier alpha value is -1.83. The number of alkyl halides is 2. The number of esters is 1. The normalized spacial score (nSPS) is 32.4. The van der Waals surface area contributed by atoms with Crippen molar-refractivity contribution in [3.05, 3.63) is 29.3 Å². The van der Waals surface area contributed by atoms with Gasteiger partial charge in [0.2, 0.25) is 11.8 Å². The molecule has 2 saturated carbocycles. The van der Waals surface area contributed by atoms with Crippen molar-refractivity contribution in [3.63, 3.8) is 0 Å². The summed E-state index contributed by atoms with van der Waals surface area (Å²) in [5, 5.41) is 2.14. The molecule has 10 heteroatoms. The largest absolute Gasteiger partial charge is 0.454 e. The molecule has 6 atom stereocenters. The van der Waals surface area contributed by atoms with E-state index in [4.69, 9.17) is 39.5 Å². The van der Waals surface area contributed by atoms with Crippen molar-refractivity contribution in [2.45, 2.75) is 17.2 Å². The van der Waals surface area contributed by atoms with Crippen molar-refractivity contribution >= 4 is 64.2 Å². The number of benzene rings is 1. The molecule has 29 heavy (non-hydrogen) atoms. The van der Waals surface area contributed by atoms with E-state index in [9.17, 15) is 19.2 Å².